The molecule has 2 aromatic carbocycles. The third-order valence-electron chi connectivity index (χ3n) is 13.5. The molecule has 0 radical (unpaired) electrons. The molecule has 0 bridgehead atoms. The summed E-state index contributed by atoms with van der Waals surface area (Å²) in [6, 6.07) is 16.0. The van der Waals surface area contributed by atoms with Crippen LogP contribution in [0.2, 0.25) is 0 Å². The van der Waals surface area contributed by atoms with E-state index < -0.39 is 11.8 Å². The van der Waals surface area contributed by atoms with Crippen molar-refractivity contribution < 1.29 is 80.5 Å². The Kier molecular flexibility index (Phi) is 22.2. The molecule has 0 atom stereocenters. The van der Waals surface area contributed by atoms with Crippen LogP contribution in [-0.4, -0.2) is 144 Å². The topological polar surface area (TPSA) is 331 Å². The number of hydrogen-bond donors (Lipinski definition) is 6. The average Bonchev–Trinajstić information content (AvgIpc) is 3.39. The summed E-state index contributed by atoms with van der Waals surface area (Å²) in [5, 5.41) is 21.4. The Labute approximate surface area is 468 Å². The van der Waals surface area contributed by atoms with E-state index in [4.69, 9.17) is 33.3 Å². The number of nitrogens with zero attached hydrogens (tertiary/aromatic N) is 11. The van der Waals surface area contributed by atoms with Crippen molar-refractivity contribution in [3.05, 3.63) is 72.1 Å². The van der Waals surface area contributed by atoms with Crippen molar-refractivity contribution in [3.8, 4) is 6.26 Å². The first-order valence-electron chi connectivity index (χ1n) is 24.2. The molecule has 4 saturated heterocycles. The maximum atomic E-state index is 12.0. The Morgan fingerprint density at radius 1 is 0.603 bits per heavy atom. The van der Waals surface area contributed by atoms with Gasteiger partial charge in [-0.05, 0) is 99.0 Å². The van der Waals surface area contributed by atoms with Crippen molar-refractivity contribution in [2.75, 3.05) is 115 Å². The number of hydrogen-bond acceptors (Lipinski definition) is 18. The fourth-order valence-electron chi connectivity index (χ4n) is 9.18. The number of amides is 5. The molecular formula is C49H66KN17O6. The zero-order valence-electron chi connectivity index (χ0n) is 42.0. The fourth-order valence-corrected chi connectivity index (χ4v) is 9.18. The average molecular weight is 1030 g/mol. The van der Waals surface area contributed by atoms with E-state index in [0.29, 0.717) is 73.2 Å². The van der Waals surface area contributed by atoms with Crippen LogP contribution in [0, 0.1) is 23.4 Å². The molecule has 4 aliphatic heterocycles. The van der Waals surface area contributed by atoms with Gasteiger partial charge in [-0.1, -0.05) is 0 Å². The van der Waals surface area contributed by atoms with E-state index in [2.05, 4.69) is 50.2 Å². The molecule has 0 saturated carbocycles. The summed E-state index contributed by atoms with van der Waals surface area (Å²) in [7, 11) is 0. The fraction of sp³-hybridized carbons (Fsp3) is 0.469. The summed E-state index contributed by atoms with van der Waals surface area (Å²) in [5.74, 6) is 1.67. The minimum Gasteiger partial charge on any atom is -0.812 e. The van der Waals surface area contributed by atoms with Crippen LogP contribution in [0.15, 0.2) is 60.9 Å². The van der Waals surface area contributed by atoms with Crippen LogP contribution in [0.3, 0.4) is 0 Å². The van der Waals surface area contributed by atoms with Crippen molar-refractivity contribution in [3.63, 3.8) is 0 Å². The molecule has 4 aliphatic rings. The van der Waals surface area contributed by atoms with Crippen LogP contribution >= 0.6 is 0 Å². The summed E-state index contributed by atoms with van der Waals surface area (Å²) in [5.41, 5.74) is 26.8. The third-order valence-corrected chi connectivity index (χ3v) is 13.5. The minimum absolute atomic E-state index is 0. The summed E-state index contributed by atoms with van der Waals surface area (Å²) >= 11 is 0. The molecule has 0 spiro atoms. The predicted octanol–water partition coefficient (Wildman–Crippen LogP) is -1.54. The first-order valence-corrected chi connectivity index (χ1v) is 24.2. The summed E-state index contributed by atoms with van der Waals surface area (Å²) in [6.45, 7) is 13.0. The standard InChI is InChI=1S/C25H34N8O3.C23H32N8O2.CHNO.K/c1-17(34)31-12-14-32(15-13-31)20-5-3-19(4-6-20)29-25-28-16-21(23(27)36)24(30-25)33-10-8-18(9-11-33)2-7-22(26)35;1-16(32)29-10-12-30(13-11-29)19-4-2-18(3-5-19)27-23-26-15-20(21(25)33)22(28-23)31-8-6-17(14-24)7-9-31;2-1-3;/h3-6,16,18H,2,7-15H2,1H3,(H2,26,35)(H2,27,36)(H,28,29,30);2-5,15,17H,6-14,24H2,1H3,(H2,25,33)(H,26,27,28);3H;/q;;;+1/p-1. The Bertz CT molecular complexity index is 2520. The number of aromatic nitrogens is 4. The van der Waals surface area contributed by atoms with E-state index in [1.165, 1.54) is 12.4 Å². The number of rotatable bonds is 14. The van der Waals surface area contributed by atoms with E-state index >= 15 is 0 Å². The number of piperidine rings is 2. The van der Waals surface area contributed by atoms with Crippen molar-refractivity contribution in [1.29, 1.82) is 5.26 Å². The number of carbonyl (C=O) groups excluding carboxylic acids is 5. The zero-order valence-corrected chi connectivity index (χ0v) is 45.2. The monoisotopic (exact) mass is 1030 g/mol. The van der Waals surface area contributed by atoms with Crippen LogP contribution in [0.4, 0.5) is 46.3 Å². The van der Waals surface area contributed by atoms with Crippen LogP contribution in [0.1, 0.15) is 73.1 Å². The Balaban J connectivity index is 0.000000254. The second-order valence-corrected chi connectivity index (χ2v) is 18.1. The molecule has 0 aliphatic carbocycles. The van der Waals surface area contributed by atoms with Gasteiger partial charge in [-0.25, -0.2) is 15.2 Å². The van der Waals surface area contributed by atoms with Gasteiger partial charge in [0.2, 0.25) is 29.6 Å². The van der Waals surface area contributed by atoms with Gasteiger partial charge in [-0.15, -0.1) is 0 Å². The number of benzene rings is 2. The third kappa shape index (κ3) is 16.6. The van der Waals surface area contributed by atoms with Gasteiger partial charge in [0.05, 0.1) is 0 Å². The number of nitrogens with one attached hydrogen (secondary N) is 2. The first kappa shape index (κ1) is 57.5. The Morgan fingerprint density at radius 3 is 1.27 bits per heavy atom. The molecule has 4 fully saturated rings. The van der Waals surface area contributed by atoms with Crippen LogP contribution in [0.5, 0.6) is 0 Å². The van der Waals surface area contributed by atoms with Gasteiger partial charge in [0.1, 0.15) is 22.8 Å². The summed E-state index contributed by atoms with van der Waals surface area (Å²) in [6.07, 6.45) is 8.34. The SMILES string of the molecule is CC(=O)N1CCN(c2ccc(Nc3ncc(C(N)=O)c(N4CCC(CCC(N)=O)CC4)n3)cc2)CC1.CC(=O)N1CCN(c2ccc(Nc3ncc(C(N)=O)c(N4CCC(CN)CC4)n3)cc2)CC1.N#C[O-].[K+]. The molecule has 4 aromatic rings. The molecule has 5 amide bonds. The van der Waals surface area contributed by atoms with Crippen molar-refractivity contribution in [2.45, 2.75) is 52.4 Å². The van der Waals surface area contributed by atoms with Crippen molar-refractivity contribution in [2.24, 2.45) is 34.8 Å². The summed E-state index contributed by atoms with van der Waals surface area (Å²) in [4.78, 5) is 88.4. The molecule has 2 aromatic heterocycles. The van der Waals surface area contributed by atoms with E-state index in [0.717, 1.165) is 120 Å². The van der Waals surface area contributed by atoms with Gasteiger partial charge in [0.15, 0.2) is 0 Å². The number of piperazine rings is 2. The molecule has 10 N–H and O–H groups in total. The van der Waals surface area contributed by atoms with E-state index in [1.54, 1.807) is 13.8 Å². The van der Waals surface area contributed by atoms with Gasteiger partial charge in [0.25, 0.3) is 11.8 Å². The molecule has 0 unspecified atom stereocenters. The number of nitriles is 1. The van der Waals surface area contributed by atoms with Gasteiger partial charge in [-0.2, -0.15) is 9.97 Å². The van der Waals surface area contributed by atoms with E-state index in [9.17, 15) is 24.0 Å². The van der Waals surface area contributed by atoms with Crippen LogP contribution in [0.25, 0.3) is 0 Å². The quantitative estimate of drug-likeness (QED) is 0.0616. The largest absolute Gasteiger partial charge is 1.00 e. The summed E-state index contributed by atoms with van der Waals surface area (Å²) < 4.78 is 0. The second kappa shape index (κ2) is 28.2. The van der Waals surface area contributed by atoms with Gasteiger partial charge in [0, 0.05) is 140 Å². The predicted molar refractivity (Wildman–Crippen MR) is 272 cm³/mol. The Morgan fingerprint density at radius 2 is 0.959 bits per heavy atom. The first-order chi connectivity index (χ1) is 34.6. The zero-order chi connectivity index (χ0) is 51.7. The van der Waals surface area contributed by atoms with Gasteiger partial charge in [-0.3, -0.25) is 24.0 Å². The van der Waals surface area contributed by atoms with Crippen molar-refractivity contribution >= 4 is 75.8 Å². The molecule has 6 heterocycles. The Hall–Kier alpha value is -6.36. The maximum Gasteiger partial charge on any atom is 1.00 e. The van der Waals surface area contributed by atoms with Gasteiger partial charge >= 0.3 is 51.4 Å². The number of nitrogens with two attached hydrogens (primary N) is 4. The molecule has 8 rings (SSSR count). The van der Waals surface area contributed by atoms with E-state index in [-0.39, 0.29) is 74.7 Å². The number of carbonyl (C=O) groups is 5. The van der Waals surface area contributed by atoms with Crippen molar-refractivity contribution in [1.82, 2.24) is 29.7 Å². The van der Waals surface area contributed by atoms with Gasteiger partial charge < -0.3 is 68.1 Å². The molecular weight excluding hydrogens is 962 g/mol. The normalized spacial score (nSPS) is 16.1. The second-order valence-electron chi connectivity index (χ2n) is 18.1. The number of primary amides is 3. The minimum atomic E-state index is -0.568. The number of anilines is 8. The maximum absolute atomic E-state index is 12.0. The smallest absolute Gasteiger partial charge is 0.812 e. The molecule has 23 nitrogen and oxygen atoms in total. The molecule has 24 heteroatoms. The molecule has 73 heavy (non-hydrogen) atoms. The molecule has 384 valence electrons. The van der Waals surface area contributed by atoms with Crippen LogP contribution < -0.4 is 110 Å². The van der Waals surface area contributed by atoms with E-state index in [1.807, 2.05) is 58.3 Å². The van der Waals surface area contributed by atoms with Crippen LogP contribution in [-0.2, 0) is 14.4 Å².